The first-order valence-corrected chi connectivity index (χ1v) is 9.45. The molecule has 1 atom stereocenters. The molecular weight excluding hydrogens is 296 g/mol. The Kier molecular flexibility index (Phi) is 4.50. The maximum atomic E-state index is 12.8. The van der Waals surface area contributed by atoms with Gasteiger partial charge in [0, 0.05) is 42.2 Å². The van der Waals surface area contributed by atoms with Crippen LogP contribution in [0.25, 0.3) is 10.8 Å². The number of piperidine rings is 1. The minimum atomic E-state index is 0.280. The maximum absolute atomic E-state index is 12.8. The van der Waals surface area contributed by atoms with Gasteiger partial charge in [-0.1, -0.05) is 43.5 Å². The molecule has 0 radical (unpaired) electrons. The highest BCUT2D eigenvalue weighted by molar-refractivity contribution is 5.82. The largest absolute Gasteiger partial charge is 0.342 e. The van der Waals surface area contributed by atoms with Crippen LogP contribution in [0.5, 0.6) is 0 Å². The van der Waals surface area contributed by atoms with Gasteiger partial charge in [-0.2, -0.15) is 0 Å². The van der Waals surface area contributed by atoms with Gasteiger partial charge < -0.3 is 4.90 Å². The number of fused-ring (bicyclic) bond motifs is 1. The van der Waals surface area contributed by atoms with Crippen LogP contribution >= 0.6 is 0 Å². The van der Waals surface area contributed by atoms with Crippen LogP contribution in [0.15, 0.2) is 36.5 Å². The second kappa shape index (κ2) is 6.92. The summed E-state index contributed by atoms with van der Waals surface area (Å²) in [4.78, 5) is 19.7. The number of pyridine rings is 1. The van der Waals surface area contributed by atoms with Crippen LogP contribution in [0.2, 0.25) is 0 Å². The molecule has 1 aliphatic carbocycles. The van der Waals surface area contributed by atoms with E-state index in [2.05, 4.69) is 35.2 Å². The highest BCUT2D eigenvalue weighted by Gasteiger charge is 2.30. The fraction of sp³-hybridized carbons (Fsp3) is 0.524. The molecule has 1 saturated heterocycles. The van der Waals surface area contributed by atoms with Gasteiger partial charge in [0.15, 0.2) is 0 Å². The summed E-state index contributed by atoms with van der Waals surface area (Å²) in [5, 5.41) is 2.44. The van der Waals surface area contributed by atoms with E-state index in [9.17, 15) is 4.79 Å². The molecule has 3 heteroatoms. The molecule has 0 N–H and O–H groups in total. The molecule has 3 nitrogen and oxygen atoms in total. The maximum Gasteiger partial charge on any atom is 0.225 e. The lowest BCUT2D eigenvalue weighted by Crippen LogP contribution is -2.43. The Morgan fingerprint density at radius 2 is 1.79 bits per heavy atom. The topological polar surface area (TPSA) is 33.2 Å². The van der Waals surface area contributed by atoms with Crippen LogP contribution in [0.1, 0.15) is 56.6 Å². The second-order valence-corrected chi connectivity index (χ2v) is 7.41. The van der Waals surface area contributed by atoms with Crippen molar-refractivity contribution in [1.29, 1.82) is 0 Å². The van der Waals surface area contributed by atoms with E-state index in [4.69, 9.17) is 4.98 Å². The summed E-state index contributed by atoms with van der Waals surface area (Å²) in [5.41, 5.74) is 1.15. The van der Waals surface area contributed by atoms with Crippen LogP contribution in [0, 0.1) is 5.92 Å². The SMILES string of the molecule is O=C(C1CCCCC1)N1CCCC(c2cc3ccccc3cn2)C1. The third-order valence-corrected chi connectivity index (χ3v) is 5.76. The lowest BCUT2D eigenvalue weighted by molar-refractivity contribution is -0.137. The van der Waals surface area contributed by atoms with Crippen molar-refractivity contribution in [3.63, 3.8) is 0 Å². The number of carbonyl (C=O) groups excluding carboxylic acids is 1. The van der Waals surface area contributed by atoms with E-state index < -0.39 is 0 Å². The van der Waals surface area contributed by atoms with E-state index in [0.29, 0.717) is 11.8 Å². The van der Waals surface area contributed by atoms with Crippen LogP contribution in [0.4, 0.5) is 0 Å². The molecule has 1 aromatic heterocycles. The standard InChI is InChI=1S/C21H26N2O/c24-21(16-7-2-1-3-8-16)23-12-6-11-19(15-23)20-13-17-9-4-5-10-18(17)14-22-20/h4-5,9-10,13-14,16,19H,1-3,6-8,11-12,15H2. The summed E-state index contributed by atoms with van der Waals surface area (Å²) >= 11 is 0. The predicted molar refractivity (Wildman–Crippen MR) is 96.9 cm³/mol. The van der Waals surface area contributed by atoms with E-state index in [1.807, 2.05) is 6.20 Å². The fourth-order valence-electron chi connectivity index (χ4n) is 4.35. The Morgan fingerprint density at radius 1 is 1.00 bits per heavy atom. The summed E-state index contributed by atoms with van der Waals surface area (Å²) < 4.78 is 0. The molecule has 1 aromatic carbocycles. The number of hydrogen-bond acceptors (Lipinski definition) is 2. The monoisotopic (exact) mass is 322 g/mol. The molecule has 2 aromatic rings. The zero-order chi connectivity index (χ0) is 16.4. The fourth-order valence-corrected chi connectivity index (χ4v) is 4.35. The summed E-state index contributed by atoms with van der Waals surface area (Å²) in [5.74, 6) is 1.07. The van der Waals surface area contributed by atoms with Crippen molar-refractivity contribution in [3.8, 4) is 0 Å². The number of hydrogen-bond donors (Lipinski definition) is 0. The first-order chi connectivity index (χ1) is 11.8. The van der Waals surface area contributed by atoms with Gasteiger partial charge in [-0.15, -0.1) is 0 Å². The number of aromatic nitrogens is 1. The number of likely N-dealkylation sites (tertiary alicyclic amines) is 1. The number of amides is 1. The molecule has 0 bridgehead atoms. The molecule has 1 amide bonds. The minimum absolute atomic E-state index is 0.280. The quantitative estimate of drug-likeness (QED) is 0.814. The van der Waals surface area contributed by atoms with Gasteiger partial charge in [0.1, 0.15) is 0 Å². The van der Waals surface area contributed by atoms with Gasteiger partial charge in [0.2, 0.25) is 5.91 Å². The van der Waals surface area contributed by atoms with Crippen molar-refractivity contribution in [2.45, 2.75) is 50.9 Å². The Labute approximate surface area is 144 Å². The molecule has 2 aliphatic rings. The highest BCUT2D eigenvalue weighted by Crippen LogP contribution is 2.31. The second-order valence-electron chi connectivity index (χ2n) is 7.41. The number of carbonyl (C=O) groups is 1. The van der Waals surface area contributed by atoms with E-state index in [1.165, 1.54) is 30.0 Å². The van der Waals surface area contributed by atoms with Crippen molar-refractivity contribution >= 4 is 16.7 Å². The first kappa shape index (κ1) is 15.6. The highest BCUT2D eigenvalue weighted by atomic mass is 16.2. The van der Waals surface area contributed by atoms with Crippen molar-refractivity contribution in [2.24, 2.45) is 5.92 Å². The Hall–Kier alpha value is -1.90. The zero-order valence-electron chi connectivity index (χ0n) is 14.3. The molecule has 2 fully saturated rings. The molecule has 4 rings (SSSR count). The predicted octanol–water partition coefficient (Wildman–Crippen LogP) is 4.52. The van der Waals surface area contributed by atoms with Crippen molar-refractivity contribution in [3.05, 3.63) is 42.2 Å². The number of nitrogens with zero attached hydrogens (tertiary/aromatic N) is 2. The molecule has 1 unspecified atom stereocenters. The number of benzene rings is 1. The summed E-state index contributed by atoms with van der Waals surface area (Å²) in [6.07, 6.45) is 10.1. The minimum Gasteiger partial charge on any atom is -0.342 e. The lowest BCUT2D eigenvalue weighted by Gasteiger charge is -2.35. The average molecular weight is 322 g/mol. The van der Waals surface area contributed by atoms with Gasteiger partial charge in [-0.3, -0.25) is 9.78 Å². The van der Waals surface area contributed by atoms with Crippen LogP contribution < -0.4 is 0 Å². The third-order valence-electron chi connectivity index (χ3n) is 5.76. The van der Waals surface area contributed by atoms with Crippen molar-refractivity contribution in [2.75, 3.05) is 13.1 Å². The summed E-state index contributed by atoms with van der Waals surface area (Å²) in [6.45, 7) is 1.78. The van der Waals surface area contributed by atoms with Gasteiger partial charge in [-0.25, -0.2) is 0 Å². The Balaban J connectivity index is 1.50. The zero-order valence-corrected chi connectivity index (χ0v) is 14.3. The molecule has 1 aliphatic heterocycles. The van der Waals surface area contributed by atoms with E-state index >= 15 is 0 Å². The summed E-state index contributed by atoms with van der Waals surface area (Å²) in [6, 6.07) is 10.6. The van der Waals surface area contributed by atoms with Crippen LogP contribution in [-0.4, -0.2) is 28.9 Å². The van der Waals surface area contributed by atoms with Gasteiger partial charge in [0.25, 0.3) is 0 Å². The van der Waals surface area contributed by atoms with Crippen molar-refractivity contribution < 1.29 is 4.79 Å². The molecular formula is C21H26N2O. The number of rotatable bonds is 2. The Bertz CT molecular complexity index is 721. The summed E-state index contributed by atoms with van der Waals surface area (Å²) in [7, 11) is 0. The third kappa shape index (κ3) is 3.17. The smallest absolute Gasteiger partial charge is 0.225 e. The van der Waals surface area contributed by atoms with Gasteiger partial charge in [0.05, 0.1) is 0 Å². The molecule has 2 heterocycles. The van der Waals surface area contributed by atoms with Crippen LogP contribution in [0.3, 0.4) is 0 Å². The van der Waals surface area contributed by atoms with Gasteiger partial charge in [-0.05, 0) is 37.1 Å². The van der Waals surface area contributed by atoms with E-state index in [1.54, 1.807) is 0 Å². The Morgan fingerprint density at radius 3 is 2.62 bits per heavy atom. The van der Waals surface area contributed by atoms with Gasteiger partial charge >= 0.3 is 0 Å². The lowest BCUT2D eigenvalue weighted by atomic mass is 9.86. The average Bonchev–Trinajstić information content (AvgIpc) is 2.68. The van der Waals surface area contributed by atoms with E-state index in [0.717, 1.165) is 44.5 Å². The molecule has 0 spiro atoms. The molecule has 24 heavy (non-hydrogen) atoms. The van der Waals surface area contributed by atoms with Crippen LogP contribution in [-0.2, 0) is 4.79 Å². The molecule has 126 valence electrons. The van der Waals surface area contributed by atoms with E-state index in [-0.39, 0.29) is 5.92 Å². The normalized spacial score (nSPS) is 22.7. The molecule has 1 saturated carbocycles. The first-order valence-electron chi connectivity index (χ1n) is 9.45. The van der Waals surface area contributed by atoms with Crippen molar-refractivity contribution in [1.82, 2.24) is 9.88 Å².